The molecule has 1 saturated heterocycles. The fourth-order valence-electron chi connectivity index (χ4n) is 3.18. The third-order valence-corrected chi connectivity index (χ3v) is 4.59. The largest absolute Gasteiger partial charge is 0.393 e. The molecule has 0 spiro atoms. The molecule has 20 heavy (non-hydrogen) atoms. The molecule has 0 aromatic heterocycles. The van der Waals surface area contributed by atoms with Crippen molar-refractivity contribution in [3.63, 3.8) is 0 Å². The summed E-state index contributed by atoms with van der Waals surface area (Å²) in [5.74, 6) is 0.706. The highest BCUT2D eigenvalue weighted by Gasteiger charge is 2.17. The van der Waals surface area contributed by atoms with Gasteiger partial charge in [-0.1, -0.05) is 64.7 Å². The van der Waals surface area contributed by atoms with E-state index in [1.165, 1.54) is 57.8 Å². The van der Waals surface area contributed by atoms with Gasteiger partial charge in [-0.05, 0) is 31.6 Å². The van der Waals surface area contributed by atoms with Crippen LogP contribution in [-0.4, -0.2) is 24.4 Å². The number of hydrogen-bond acceptors (Lipinski definition) is 2. The van der Waals surface area contributed by atoms with Crippen molar-refractivity contribution in [3.8, 4) is 0 Å². The van der Waals surface area contributed by atoms with Crippen molar-refractivity contribution in [1.29, 1.82) is 0 Å². The molecule has 1 fully saturated rings. The van der Waals surface area contributed by atoms with E-state index in [0.717, 1.165) is 38.9 Å². The summed E-state index contributed by atoms with van der Waals surface area (Å²) in [6.07, 6.45) is 16.5. The summed E-state index contributed by atoms with van der Waals surface area (Å²) >= 11 is 0. The molecule has 1 aliphatic rings. The van der Waals surface area contributed by atoms with Crippen LogP contribution in [0.25, 0.3) is 0 Å². The lowest BCUT2D eigenvalue weighted by atomic mass is 9.92. The molecular weight excluding hydrogens is 248 g/mol. The number of aliphatic hydroxyl groups excluding tert-OH is 1. The molecule has 1 N–H and O–H groups in total. The minimum atomic E-state index is -0.0670. The highest BCUT2D eigenvalue weighted by Crippen LogP contribution is 2.22. The van der Waals surface area contributed by atoms with Crippen molar-refractivity contribution in [1.82, 2.24) is 0 Å². The van der Waals surface area contributed by atoms with Crippen LogP contribution in [0.2, 0.25) is 0 Å². The van der Waals surface area contributed by atoms with Crippen LogP contribution in [0, 0.1) is 5.92 Å². The Morgan fingerprint density at radius 1 is 0.900 bits per heavy atom. The van der Waals surface area contributed by atoms with Gasteiger partial charge >= 0.3 is 0 Å². The van der Waals surface area contributed by atoms with E-state index in [4.69, 9.17) is 4.74 Å². The number of rotatable bonds is 12. The zero-order chi connectivity index (χ0) is 14.5. The van der Waals surface area contributed by atoms with Crippen LogP contribution in [0.4, 0.5) is 0 Å². The highest BCUT2D eigenvalue weighted by molar-refractivity contribution is 4.68. The zero-order valence-electron chi connectivity index (χ0n) is 13.6. The first-order valence-corrected chi connectivity index (χ1v) is 9.08. The van der Waals surface area contributed by atoms with Crippen LogP contribution in [-0.2, 0) is 4.74 Å². The van der Waals surface area contributed by atoms with Crippen LogP contribution in [0.15, 0.2) is 0 Å². The predicted molar refractivity (Wildman–Crippen MR) is 86.0 cm³/mol. The van der Waals surface area contributed by atoms with Gasteiger partial charge in [0.15, 0.2) is 0 Å². The minimum absolute atomic E-state index is 0.0670. The standard InChI is InChI=1S/C18H36O2/c1-2-3-4-5-6-7-8-9-10-11-18(19)16-17-12-14-20-15-13-17/h17-19H,2-16H2,1H3. The van der Waals surface area contributed by atoms with Gasteiger partial charge in [0.2, 0.25) is 0 Å². The molecule has 1 unspecified atom stereocenters. The molecule has 1 aliphatic heterocycles. The maximum absolute atomic E-state index is 10.1. The van der Waals surface area contributed by atoms with Gasteiger partial charge in [-0.15, -0.1) is 0 Å². The second kappa shape index (κ2) is 12.6. The highest BCUT2D eigenvalue weighted by atomic mass is 16.5. The summed E-state index contributed by atoms with van der Waals surface area (Å²) in [6.45, 7) is 4.07. The van der Waals surface area contributed by atoms with E-state index in [1.54, 1.807) is 0 Å². The second-order valence-electron chi connectivity index (χ2n) is 6.56. The summed E-state index contributed by atoms with van der Waals surface area (Å²) < 4.78 is 5.36. The van der Waals surface area contributed by atoms with Crippen LogP contribution >= 0.6 is 0 Å². The van der Waals surface area contributed by atoms with E-state index in [9.17, 15) is 5.11 Å². The Hall–Kier alpha value is -0.0800. The van der Waals surface area contributed by atoms with Gasteiger partial charge in [0.1, 0.15) is 0 Å². The SMILES string of the molecule is CCCCCCCCCCCC(O)CC1CCOCC1. The molecule has 0 saturated carbocycles. The first-order chi connectivity index (χ1) is 9.83. The topological polar surface area (TPSA) is 29.5 Å². The molecule has 0 bridgehead atoms. The van der Waals surface area contributed by atoms with Crippen molar-refractivity contribution in [2.24, 2.45) is 5.92 Å². The summed E-state index contributed by atoms with van der Waals surface area (Å²) in [5, 5.41) is 10.1. The molecule has 0 aliphatic carbocycles. The Morgan fingerprint density at radius 2 is 1.45 bits per heavy atom. The van der Waals surface area contributed by atoms with Crippen molar-refractivity contribution in [2.45, 2.75) is 96.5 Å². The Morgan fingerprint density at radius 3 is 2.05 bits per heavy atom. The van der Waals surface area contributed by atoms with Crippen molar-refractivity contribution in [2.75, 3.05) is 13.2 Å². The molecule has 0 aromatic carbocycles. The molecule has 0 aromatic rings. The first-order valence-electron chi connectivity index (χ1n) is 9.08. The van der Waals surface area contributed by atoms with E-state index in [-0.39, 0.29) is 6.10 Å². The van der Waals surface area contributed by atoms with Gasteiger partial charge in [-0.2, -0.15) is 0 Å². The van der Waals surface area contributed by atoms with E-state index < -0.39 is 0 Å². The maximum atomic E-state index is 10.1. The van der Waals surface area contributed by atoms with E-state index >= 15 is 0 Å². The molecular formula is C18H36O2. The minimum Gasteiger partial charge on any atom is -0.393 e. The lowest BCUT2D eigenvalue weighted by Crippen LogP contribution is -2.20. The average Bonchev–Trinajstić information content (AvgIpc) is 2.46. The third-order valence-electron chi connectivity index (χ3n) is 4.59. The van der Waals surface area contributed by atoms with Gasteiger partial charge in [0.25, 0.3) is 0 Å². The fraction of sp³-hybridized carbons (Fsp3) is 1.00. The molecule has 0 radical (unpaired) electrons. The smallest absolute Gasteiger partial charge is 0.0543 e. The number of aliphatic hydroxyl groups is 1. The Kier molecular flexibility index (Phi) is 11.4. The third kappa shape index (κ3) is 9.77. The predicted octanol–water partition coefficient (Wildman–Crippen LogP) is 5.08. The molecule has 1 rings (SSSR count). The number of ether oxygens (including phenoxy) is 1. The lowest BCUT2D eigenvalue weighted by molar-refractivity contribution is 0.0415. The van der Waals surface area contributed by atoms with Gasteiger partial charge in [0, 0.05) is 13.2 Å². The maximum Gasteiger partial charge on any atom is 0.0543 e. The number of hydrogen-bond donors (Lipinski definition) is 1. The van der Waals surface area contributed by atoms with Crippen molar-refractivity contribution < 1.29 is 9.84 Å². The second-order valence-corrected chi connectivity index (χ2v) is 6.56. The zero-order valence-corrected chi connectivity index (χ0v) is 13.6. The summed E-state index contributed by atoms with van der Waals surface area (Å²) in [4.78, 5) is 0. The van der Waals surface area contributed by atoms with Crippen LogP contribution in [0.1, 0.15) is 90.4 Å². The fourth-order valence-corrected chi connectivity index (χ4v) is 3.18. The number of unbranched alkanes of at least 4 members (excludes halogenated alkanes) is 8. The van der Waals surface area contributed by atoms with Gasteiger partial charge in [-0.3, -0.25) is 0 Å². The van der Waals surface area contributed by atoms with E-state index in [2.05, 4.69) is 6.92 Å². The van der Waals surface area contributed by atoms with Gasteiger partial charge in [0.05, 0.1) is 6.10 Å². The average molecular weight is 284 g/mol. The van der Waals surface area contributed by atoms with Crippen LogP contribution in [0.3, 0.4) is 0 Å². The molecule has 0 amide bonds. The van der Waals surface area contributed by atoms with E-state index in [1.807, 2.05) is 0 Å². The Bertz CT molecular complexity index is 200. The van der Waals surface area contributed by atoms with Gasteiger partial charge in [-0.25, -0.2) is 0 Å². The quantitative estimate of drug-likeness (QED) is 0.506. The van der Waals surface area contributed by atoms with Gasteiger partial charge < -0.3 is 9.84 Å². The Balaban J connectivity index is 1.83. The molecule has 2 heteroatoms. The lowest BCUT2D eigenvalue weighted by Gasteiger charge is -2.24. The molecule has 2 nitrogen and oxygen atoms in total. The first kappa shape index (κ1) is 18.0. The summed E-state index contributed by atoms with van der Waals surface area (Å²) in [6, 6.07) is 0. The normalized spacial score (nSPS) is 18.3. The summed E-state index contributed by atoms with van der Waals surface area (Å²) in [7, 11) is 0. The molecule has 1 atom stereocenters. The van der Waals surface area contributed by atoms with Crippen LogP contribution < -0.4 is 0 Å². The van der Waals surface area contributed by atoms with Crippen molar-refractivity contribution >= 4 is 0 Å². The van der Waals surface area contributed by atoms with Crippen molar-refractivity contribution in [3.05, 3.63) is 0 Å². The van der Waals surface area contributed by atoms with E-state index in [0.29, 0.717) is 5.92 Å². The van der Waals surface area contributed by atoms with Crippen LogP contribution in [0.5, 0.6) is 0 Å². The molecule has 1 heterocycles. The Labute approximate surface area is 126 Å². The molecule has 120 valence electrons. The summed E-state index contributed by atoms with van der Waals surface area (Å²) in [5.41, 5.74) is 0. The monoisotopic (exact) mass is 284 g/mol.